The van der Waals surface area contributed by atoms with Gasteiger partial charge in [0.1, 0.15) is 0 Å². The predicted octanol–water partition coefficient (Wildman–Crippen LogP) is 5.45. The molecule has 0 spiro atoms. The van der Waals surface area contributed by atoms with E-state index in [2.05, 4.69) is 68.6 Å². The molecule has 138 valence electrons. The molecule has 0 bridgehead atoms. The van der Waals surface area contributed by atoms with Gasteiger partial charge in [0, 0.05) is 6.42 Å². The Bertz CT molecular complexity index is 915. The molecule has 0 radical (unpaired) electrons. The molecule has 3 aromatic rings. The smallest absolute Gasteiger partial charge is 0.221 e. The third-order valence-corrected chi connectivity index (χ3v) is 5.15. The predicted molar refractivity (Wildman–Crippen MR) is 112 cm³/mol. The van der Waals surface area contributed by atoms with Gasteiger partial charge in [-0.25, -0.2) is 0 Å². The summed E-state index contributed by atoms with van der Waals surface area (Å²) in [5, 5.41) is 3.25. The van der Waals surface area contributed by atoms with Crippen LogP contribution in [0.2, 0.25) is 0 Å². The van der Waals surface area contributed by atoms with Gasteiger partial charge in [0.15, 0.2) is 0 Å². The highest BCUT2D eigenvalue weighted by molar-refractivity contribution is 5.77. The van der Waals surface area contributed by atoms with Crippen molar-refractivity contribution in [2.75, 3.05) is 0 Å². The van der Waals surface area contributed by atoms with Gasteiger partial charge < -0.3 is 5.32 Å². The van der Waals surface area contributed by atoms with Crippen LogP contribution in [0.15, 0.2) is 72.8 Å². The van der Waals surface area contributed by atoms with Crippen LogP contribution in [0.4, 0.5) is 0 Å². The van der Waals surface area contributed by atoms with Crippen molar-refractivity contribution in [1.82, 2.24) is 5.32 Å². The van der Waals surface area contributed by atoms with Crippen LogP contribution >= 0.6 is 0 Å². The highest BCUT2D eigenvalue weighted by Crippen LogP contribution is 2.25. The van der Waals surface area contributed by atoms with Crippen LogP contribution in [0, 0.1) is 20.8 Å². The Morgan fingerprint density at radius 1 is 0.815 bits per heavy atom. The van der Waals surface area contributed by atoms with Gasteiger partial charge >= 0.3 is 0 Å². The molecule has 2 nitrogen and oxygen atoms in total. The topological polar surface area (TPSA) is 29.1 Å². The Kier molecular flexibility index (Phi) is 6.08. The zero-order valence-electron chi connectivity index (χ0n) is 16.3. The summed E-state index contributed by atoms with van der Waals surface area (Å²) in [5.41, 5.74) is 7.19. The summed E-state index contributed by atoms with van der Waals surface area (Å²) in [6.07, 6.45) is 1.24. The molecule has 1 unspecified atom stereocenters. The Morgan fingerprint density at radius 2 is 1.52 bits per heavy atom. The minimum Gasteiger partial charge on any atom is -0.345 e. The van der Waals surface area contributed by atoms with Crippen LogP contribution in [-0.4, -0.2) is 5.91 Å². The van der Waals surface area contributed by atoms with E-state index in [1.165, 1.54) is 22.3 Å². The Morgan fingerprint density at radius 3 is 2.22 bits per heavy atom. The van der Waals surface area contributed by atoms with E-state index in [0.717, 1.165) is 17.5 Å². The molecule has 1 N–H and O–H groups in total. The zero-order chi connectivity index (χ0) is 19.2. The standard InChI is InChI=1S/C25H27NO/c1-18-13-14-21(17-20(18)3)15-16-24(27)26-25(22-10-5-4-6-11-22)23-12-8-7-9-19(23)2/h4-14,17,25H,15-16H2,1-3H3,(H,26,27). The van der Waals surface area contributed by atoms with Crippen molar-refractivity contribution >= 4 is 5.91 Å². The number of aryl methyl sites for hydroxylation is 4. The number of rotatable bonds is 6. The lowest BCUT2D eigenvalue weighted by Gasteiger charge is -2.22. The van der Waals surface area contributed by atoms with Crippen molar-refractivity contribution in [3.63, 3.8) is 0 Å². The van der Waals surface area contributed by atoms with E-state index in [9.17, 15) is 4.79 Å². The molecule has 2 heteroatoms. The van der Waals surface area contributed by atoms with E-state index in [1.807, 2.05) is 30.3 Å². The number of carbonyl (C=O) groups is 1. The minimum atomic E-state index is -0.125. The van der Waals surface area contributed by atoms with E-state index < -0.39 is 0 Å². The van der Waals surface area contributed by atoms with Crippen molar-refractivity contribution < 1.29 is 4.79 Å². The van der Waals surface area contributed by atoms with Gasteiger partial charge in [-0.1, -0.05) is 72.8 Å². The van der Waals surface area contributed by atoms with Crippen molar-refractivity contribution in [3.05, 3.63) is 106 Å². The maximum atomic E-state index is 12.7. The molecule has 1 atom stereocenters. The summed E-state index contributed by atoms with van der Waals surface area (Å²) in [6.45, 7) is 6.31. The molecule has 0 saturated heterocycles. The number of carbonyl (C=O) groups excluding carboxylic acids is 1. The first-order valence-electron chi connectivity index (χ1n) is 9.50. The van der Waals surface area contributed by atoms with Crippen LogP contribution < -0.4 is 5.32 Å². The Balaban J connectivity index is 1.75. The maximum absolute atomic E-state index is 12.7. The summed E-state index contributed by atoms with van der Waals surface area (Å²) >= 11 is 0. The van der Waals surface area contributed by atoms with E-state index >= 15 is 0 Å². The summed E-state index contributed by atoms with van der Waals surface area (Å²) in [7, 11) is 0. The van der Waals surface area contributed by atoms with Gasteiger partial charge in [0.05, 0.1) is 6.04 Å². The van der Waals surface area contributed by atoms with Gasteiger partial charge in [-0.3, -0.25) is 4.79 Å². The van der Waals surface area contributed by atoms with Crippen LogP contribution in [-0.2, 0) is 11.2 Å². The van der Waals surface area contributed by atoms with Crippen LogP contribution in [0.1, 0.15) is 45.8 Å². The fraction of sp³-hybridized carbons (Fsp3) is 0.240. The first-order chi connectivity index (χ1) is 13.0. The van der Waals surface area contributed by atoms with Crippen molar-refractivity contribution in [1.29, 1.82) is 0 Å². The van der Waals surface area contributed by atoms with Crippen molar-refractivity contribution in [2.45, 2.75) is 39.7 Å². The Hall–Kier alpha value is -2.87. The molecule has 27 heavy (non-hydrogen) atoms. The van der Waals surface area contributed by atoms with Gasteiger partial charge in [-0.2, -0.15) is 0 Å². The average Bonchev–Trinajstić information content (AvgIpc) is 2.68. The van der Waals surface area contributed by atoms with Crippen LogP contribution in [0.3, 0.4) is 0 Å². The molecular weight excluding hydrogens is 330 g/mol. The fourth-order valence-corrected chi connectivity index (χ4v) is 3.35. The minimum absolute atomic E-state index is 0.0744. The van der Waals surface area contributed by atoms with E-state index in [4.69, 9.17) is 0 Å². The normalized spacial score (nSPS) is 11.8. The first-order valence-corrected chi connectivity index (χ1v) is 9.50. The first kappa shape index (κ1) is 18.9. The summed E-state index contributed by atoms with van der Waals surface area (Å²) < 4.78 is 0. The molecule has 0 heterocycles. The molecule has 0 saturated carbocycles. The molecule has 3 aromatic carbocycles. The quantitative estimate of drug-likeness (QED) is 0.624. The number of hydrogen-bond donors (Lipinski definition) is 1. The second-order valence-electron chi connectivity index (χ2n) is 7.19. The van der Waals surface area contributed by atoms with Gasteiger partial charge in [0.25, 0.3) is 0 Å². The molecule has 0 aromatic heterocycles. The van der Waals surface area contributed by atoms with Gasteiger partial charge in [-0.05, 0) is 60.6 Å². The summed E-state index contributed by atoms with van der Waals surface area (Å²) in [6, 6.07) is 24.7. The van der Waals surface area contributed by atoms with Crippen molar-refractivity contribution in [2.24, 2.45) is 0 Å². The lowest BCUT2D eigenvalue weighted by Crippen LogP contribution is -2.30. The van der Waals surface area contributed by atoms with Gasteiger partial charge in [0.2, 0.25) is 5.91 Å². The highest BCUT2D eigenvalue weighted by atomic mass is 16.1. The lowest BCUT2D eigenvalue weighted by molar-refractivity contribution is -0.121. The third-order valence-electron chi connectivity index (χ3n) is 5.15. The number of benzene rings is 3. The number of hydrogen-bond acceptors (Lipinski definition) is 1. The molecule has 3 rings (SSSR count). The summed E-state index contributed by atoms with van der Waals surface area (Å²) in [5.74, 6) is 0.0744. The number of amides is 1. The molecule has 0 fully saturated rings. The van der Waals surface area contributed by atoms with E-state index in [1.54, 1.807) is 0 Å². The average molecular weight is 357 g/mol. The second-order valence-corrected chi connectivity index (χ2v) is 7.19. The molecule has 1 amide bonds. The zero-order valence-corrected chi connectivity index (χ0v) is 16.3. The van der Waals surface area contributed by atoms with Gasteiger partial charge in [-0.15, -0.1) is 0 Å². The van der Waals surface area contributed by atoms with Crippen LogP contribution in [0.25, 0.3) is 0 Å². The molecule has 0 aliphatic rings. The number of nitrogens with one attached hydrogen (secondary N) is 1. The van der Waals surface area contributed by atoms with Crippen molar-refractivity contribution in [3.8, 4) is 0 Å². The molecular formula is C25H27NO. The largest absolute Gasteiger partial charge is 0.345 e. The second kappa shape index (κ2) is 8.68. The molecule has 0 aliphatic carbocycles. The fourth-order valence-electron chi connectivity index (χ4n) is 3.35. The lowest BCUT2D eigenvalue weighted by atomic mass is 9.94. The van der Waals surface area contributed by atoms with Crippen LogP contribution in [0.5, 0.6) is 0 Å². The Labute approximate surface area is 162 Å². The SMILES string of the molecule is Cc1ccc(CCC(=O)NC(c2ccccc2)c2ccccc2C)cc1C. The third kappa shape index (κ3) is 4.85. The van der Waals surface area contributed by atoms with E-state index in [-0.39, 0.29) is 11.9 Å². The molecule has 0 aliphatic heterocycles. The monoisotopic (exact) mass is 357 g/mol. The maximum Gasteiger partial charge on any atom is 0.221 e. The summed E-state index contributed by atoms with van der Waals surface area (Å²) in [4.78, 5) is 12.7. The van der Waals surface area contributed by atoms with E-state index in [0.29, 0.717) is 6.42 Å². The highest BCUT2D eigenvalue weighted by Gasteiger charge is 2.18.